The van der Waals surface area contributed by atoms with Gasteiger partial charge >= 0.3 is 6.09 Å². The maximum absolute atomic E-state index is 11.8. The van der Waals surface area contributed by atoms with Crippen LogP contribution >= 0.6 is 0 Å². The van der Waals surface area contributed by atoms with Crippen molar-refractivity contribution < 1.29 is 9.53 Å². The minimum atomic E-state index is -0.224. The zero-order valence-corrected chi connectivity index (χ0v) is 17.1. The number of nitrogens with one attached hydrogen (secondary N) is 2. The van der Waals surface area contributed by atoms with Crippen molar-refractivity contribution >= 4 is 23.4 Å². The highest BCUT2D eigenvalue weighted by Crippen LogP contribution is 2.26. The molecule has 1 fully saturated rings. The second kappa shape index (κ2) is 8.91. The van der Waals surface area contributed by atoms with Gasteiger partial charge in [-0.3, -0.25) is 0 Å². The fourth-order valence-electron chi connectivity index (χ4n) is 3.64. The molecule has 150 valence electrons. The molecule has 0 atom stereocenters. The van der Waals surface area contributed by atoms with E-state index in [9.17, 15) is 4.79 Å². The molecule has 1 aliphatic heterocycles. The average molecular weight is 383 g/mol. The molecule has 0 unspecified atom stereocenters. The van der Waals surface area contributed by atoms with E-state index in [-0.39, 0.29) is 12.1 Å². The third-order valence-corrected chi connectivity index (χ3v) is 4.97. The number of rotatable bonds is 5. The number of aromatic nitrogens is 2. The molecule has 1 amide bonds. The van der Waals surface area contributed by atoms with E-state index in [1.54, 1.807) is 11.2 Å². The molecule has 7 heteroatoms. The summed E-state index contributed by atoms with van der Waals surface area (Å²) in [5.41, 5.74) is 4.71. The summed E-state index contributed by atoms with van der Waals surface area (Å²) in [5, 5.41) is 6.89. The number of carbonyl (C=O) groups excluding carboxylic acids is 1. The van der Waals surface area contributed by atoms with E-state index in [0.29, 0.717) is 19.7 Å². The molecule has 1 aromatic carbocycles. The molecular weight excluding hydrogens is 354 g/mol. The van der Waals surface area contributed by atoms with Crippen molar-refractivity contribution in [3.8, 4) is 0 Å². The Kier molecular flexibility index (Phi) is 6.34. The van der Waals surface area contributed by atoms with E-state index in [2.05, 4.69) is 53.5 Å². The van der Waals surface area contributed by atoms with Gasteiger partial charge in [0, 0.05) is 30.9 Å². The van der Waals surface area contributed by atoms with Crippen LogP contribution in [0.3, 0.4) is 0 Å². The zero-order valence-electron chi connectivity index (χ0n) is 17.1. The summed E-state index contributed by atoms with van der Waals surface area (Å²) < 4.78 is 5.07. The first-order valence-corrected chi connectivity index (χ1v) is 9.81. The van der Waals surface area contributed by atoms with Crippen LogP contribution in [0.25, 0.3) is 0 Å². The lowest BCUT2D eigenvalue weighted by Gasteiger charge is -2.31. The first-order chi connectivity index (χ1) is 13.5. The van der Waals surface area contributed by atoms with Gasteiger partial charge in [-0.15, -0.1) is 0 Å². The standard InChI is InChI=1S/C21H29N5O2/c1-5-28-21(27)26-8-6-17(7-9-26)24-18-12-19(23-13-22-18)25-20-15(3)10-14(2)11-16(20)4/h10-13,17H,5-9H2,1-4H3,(H2,22,23,24,25). The van der Waals surface area contributed by atoms with E-state index in [0.717, 1.165) is 30.2 Å². The maximum Gasteiger partial charge on any atom is 0.409 e. The SMILES string of the molecule is CCOC(=O)N1CCC(Nc2cc(Nc3c(C)cc(C)cc3C)ncn2)CC1. The van der Waals surface area contributed by atoms with Gasteiger partial charge in [0.05, 0.1) is 6.61 Å². The van der Waals surface area contributed by atoms with Gasteiger partial charge < -0.3 is 20.3 Å². The number of benzene rings is 1. The Morgan fingerprint density at radius 3 is 2.39 bits per heavy atom. The Hall–Kier alpha value is -2.83. The van der Waals surface area contributed by atoms with E-state index >= 15 is 0 Å². The molecular formula is C21H29N5O2. The Balaban J connectivity index is 1.61. The third kappa shape index (κ3) is 4.91. The maximum atomic E-state index is 11.8. The lowest BCUT2D eigenvalue weighted by atomic mass is 10.1. The summed E-state index contributed by atoms with van der Waals surface area (Å²) in [7, 11) is 0. The summed E-state index contributed by atoms with van der Waals surface area (Å²) in [6.07, 6.45) is 3.07. The summed E-state index contributed by atoms with van der Waals surface area (Å²) >= 11 is 0. The van der Waals surface area contributed by atoms with Crippen LogP contribution in [-0.4, -0.2) is 46.7 Å². The average Bonchev–Trinajstić information content (AvgIpc) is 2.66. The van der Waals surface area contributed by atoms with Gasteiger partial charge in [-0.1, -0.05) is 17.7 Å². The van der Waals surface area contributed by atoms with Gasteiger partial charge in [-0.05, 0) is 51.7 Å². The number of carbonyl (C=O) groups is 1. The van der Waals surface area contributed by atoms with E-state index in [1.165, 1.54) is 16.7 Å². The quantitative estimate of drug-likeness (QED) is 0.806. The van der Waals surface area contributed by atoms with Crippen molar-refractivity contribution in [3.05, 3.63) is 41.2 Å². The van der Waals surface area contributed by atoms with Crippen molar-refractivity contribution in [1.82, 2.24) is 14.9 Å². The van der Waals surface area contributed by atoms with Crippen LogP contribution in [0.4, 0.5) is 22.1 Å². The Morgan fingerprint density at radius 2 is 1.75 bits per heavy atom. The minimum Gasteiger partial charge on any atom is -0.450 e. The highest BCUT2D eigenvalue weighted by molar-refractivity contribution is 5.68. The van der Waals surface area contributed by atoms with Crippen molar-refractivity contribution in [2.75, 3.05) is 30.3 Å². The summed E-state index contributed by atoms with van der Waals surface area (Å²) in [5.74, 6) is 1.55. The van der Waals surface area contributed by atoms with Crippen molar-refractivity contribution in [2.45, 2.75) is 46.6 Å². The number of nitrogens with zero attached hydrogens (tertiary/aromatic N) is 3. The van der Waals surface area contributed by atoms with Crippen LogP contribution in [0, 0.1) is 20.8 Å². The monoisotopic (exact) mass is 383 g/mol. The van der Waals surface area contributed by atoms with Crippen molar-refractivity contribution in [3.63, 3.8) is 0 Å². The Labute approximate surface area is 166 Å². The fourth-order valence-corrected chi connectivity index (χ4v) is 3.64. The van der Waals surface area contributed by atoms with Crippen molar-refractivity contribution in [2.24, 2.45) is 0 Å². The molecule has 2 heterocycles. The predicted molar refractivity (Wildman–Crippen MR) is 111 cm³/mol. The van der Waals surface area contributed by atoms with Gasteiger partial charge in [0.25, 0.3) is 0 Å². The lowest BCUT2D eigenvalue weighted by Crippen LogP contribution is -2.42. The molecule has 1 aliphatic rings. The van der Waals surface area contributed by atoms with E-state index in [1.807, 2.05) is 13.0 Å². The van der Waals surface area contributed by atoms with Crippen LogP contribution in [-0.2, 0) is 4.74 Å². The largest absolute Gasteiger partial charge is 0.450 e. The molecule has 0 bridgehead atoms. The summed E-state index contributed by atoms with van der Waals surface area (Å²) in [4.78, 5) is 22.3. The summed E-state index contributed by atoms with van der Waals surface area (Å²) in [6, 6.07) is 6.52. The minimum absolute atomic E-state index is 0.224. The molecule has 0 radical (unpaired) electrons. The summed E-state index contributed by atoms with van der Waals surface area (Å²) in [6.45, 7) is 9.91. The van der Waals surface area contributed by atoms with Crippen LogP contribution < -0.4 is 10.6 Å². The molecule has 7 nitrogen and oxygen atoms in total. The first-order valence-electron chi connectivity index (χ1n) is 9.81. The van der Waals surface area contributed by atoms with Gasteiger partial charge in [-0.2, -0.15) is 0 Å². The number of hydrogen-bond donors (Lipinski definition) is 2. The number of likely N-dealkylation sites (tertiary alicyclic amines) is 1. The molecule has 2 aromatic rings. The van der Waals surface area contributed by atoms with Crippen LogP contribution in [0.2, 0.25) is 0 Å². The third-order valence-electron chi connectivity index (χ3n) is 4.97. The first kappa shape index (κ1) is 19.9. The van der Waals surface area contributed by atoms with Crippen LogP contribution in [0.5, 0.6) is 0 Å². The molecule has 3 rings (SSSR count). The number of amides is 1. The van der Waals surface area contributed by atoms with E-state index in [4.69, 9.17) is 4.74 Å². The zero-order chi connectivity index (χ0) is 20.1. The highest BCUT2D eigenvalue weighted by Gasteiger charge is 2.23. The van der Waals surface area contributed by atoms with Gasteiger partial charge in [-0.25, -0.2) is 14.8 Å². The van der Waals surface area contributed by atoms with Gasteiger partial charge in [0.1, 0.15) is 18.0 Å². The molecule has 1 aromatic heterocycles. The van der Waals surface area contributed by atoms with E-state index < -0.39 is 0 Å². The van der Waals surface area contributed by atoms with Crippen LogP contribution in [0.15, 0.2) is 24.5 Å². The number of piperidine rings is 1. The topological polar surface area (TPSA) is 79.4 Å². The number of ether oxygens (including phenoxy) is 1. The lowest BCUT2D eigenvalue weighted by molar-refractivity contribution is 0.0983. The second-order valence-corrected chi connectivity index (χ2v) is 7.29. The number of hydrogen-bond acceptors (Lipinski definition) is 6. The Bertz CT molecular complexity index is 808. The molecule has 1 saturated heterocycles. The normalized spacial score (nSPS) is 14.6. The molecule has 2 N–H and O–H groups in total. The fraction of sp³-hybridized carbons (Fsp3) is 0.476. The highest BCUT2D eigenvalue weighted by atomic mass is 16.6. The molecule has 0 saturated carbocycles. The molecule has 28 heavy (non-hydrogen) atoms. The van der Waals surface area contributed by atoms with Gasteiger partial charge in [0.2, 0.25) is 0 Å². The number of anilines is 3. The van der Waals surface area contributed by atoms with Gasteiger partial charge in [0.15, 0.2) is 0 Å². The van der Waals surface area contributed by atoms with Crippen molar-refractivity contribution in [1.29, 1.82) is 0 Å². The molecule has 0 aliphatic carbocycles. The van der Waals surface area contributed by atoms with Crippen LogP contribution in [0.1, 0.15) is 36.5 Å². The predicted octanol–water partition coefficient (Wildman–Crippen LogP) is 4.18. The molecule has 0 spiro atoms. The Morgan fingerprint density at radius 1 is 1.11 bits per heavy atom. The smallest absolute Gasteiger partial charge is 0.409 e. The number of aryl methyl sites for hydroxylation is 3. The second-order valence-electron chi connectivity index (χ2n) is 7.29.